The third-order valence-electron chi connectivity index (χ3n) is 5.19. The van der Waals surface area contributed by atoms with Gasteiger partial charge < -0.3 is 15.4 Å². The van der Waals surface area contributed by atoms with Crippen LogP contribution in [-0.2, 0) is 13.0 Å². The molecule has 3 heteroatoms. The van der Waals surface area contributed by atoms with Gasteiger partial charge in [0.15, 0.2) is 0 Å². The van der Waals surface area contributed by atoms with Gasteiger partial charge in [0.2, 0.25) is 0 Å². The predicted octanol–water partition coefficient (Wildman–Crippen LogP) is 3.59. The molecule has 3 nitrogen and oxygen atoms in total. The average molecular weight is 322 g/mol. The summed E-state index contributed by atoms with van der Waals surface area (Å²) in [5.41, 5.74) is 4.03. The monoisotopic (exact) mass is 322 g/mol. The summed E-state index contributed by atoms with van der Waals surface area (Å²) >= 11 is 0. The minimum absolute atomic E-state index is 0.389. The van der Waals surface area contributed by atoms with Crippen molar-refractivity contribution >= 4 is 0 Å². The molecule has 0 aromatic heterocycles. The third kappa shape index (κ3) is 3.33. The Labute approximate surface area is 144 Å². The zero-order valence-corrected chi connectivity index (χ0v) is 14.1. The lowest BCUT2D eigenvalue weighted by Crippen LogP contribution is -2.45. The highest BCUT2D eigenvalue weighted by atomic mass is 16.5. The summed E-state index contributed by atoms with van der Waals surface area (Å²) in [5.74, 6) is 1.12. The van der Waals surface area contributed by atoms with Gasteiger partial charge in [-0.1, -0.05) is 48.5 Å². The van der Waals surface area contributed by atoms with Crippen molar-refractivity contribution in [1.82, 2.24) is 10.6 Å². The molecular formula is C21H26N2O. The van der Waals surface area contributed by atoms with Gasteiger partial charge in [0.25, 0.3) is 0 Å². The van der Waals surface area contributed by atoms with Gasteiger partial charge in [-0.15, -0.1) is 0 Å². The van der Waals surface area contributed by atoms with Crippen molar-refractivity contribution in [2.75, 3.05) is 13.2 Å². The Balaban J connectivity index is 1.48. The molecule has 126 valence electrons. The first-order chi connectivity index (χ1) is 11.9. The van der Waals surface area contributed by atoms with Crippen molar-refractivity contribution in [3.63, 3.8) is 0 Å². The molecule has 0 aliphatic carbocycles. The molecule has 0 bridgehead atoms. The van der Waals surface area contributed by atoms with Gasteiger partial charge in [-0.25, -0.2) is 0 Å². The molecule has 1 saturated heterocycles. The number of aryl methyl sites for hydroxylation is 1. The summed E-state index contributed by atoms with van der Waals surface area (Å²) in [6, 6.07) is 18.2. The Morgan fingerprint density at radius 1 is 1.04 bits per heavy atom. The molecule has 0 saturated carbocycles. The zero-order chi connectivity index (χ0) is 16.2. The molecule has 2 aromatic rings. The number of rotatable bonds is 4. The Bertz CT molecular complexity index is 671. The number of hydrogen-bond donors (Lipinski definition) is 2. The normalized spacial score (nSPS) is 23.3. The van der Waals surface area contributed by atoms with Crippen molar-refractivity contribution in [1.29, 1.82) is 0 Å². The molecule has 24 heavy (non-hydrogen) atoms. The van der Waals surface area contributed by atoms with Crippen LogP contribution in [0.3, 0.4) is 0 Å². The van der Waals surface area contributed by atoms with E-state index in [4.69, 9.17) is 4.74 Å². The Morgan fingerprint density at radius 3 is 2.88 bits per heavy atom. The second kappa shape index (κ2) is 7.37. The van der Waals surface area contributed by atoms with Gasteiger partial charge >= 0.3 is 0 Å². The van der Waals surface area contributed by atoms with Crippen LogP contribution in [-0.4, -0.2) is 19.2 Å². The van der Waals surface area contributed by atoms with E-state index in [1.54, 1.807) is 0 Å². The second-order valence-corrected chi connectivity index (χ2v) is 6.83. The molecular weight excluding hydrogens is 296 g/mol. The van der Waals surface area contributed by atoms with E-state index >= 15 is 0 Å². The highest BCUT2D eigenvalue weighted by Crippen LogP contribution is 2.30. The first kappa shape index (κ1) is 15.7. The van der Waals surface area contributed by atoms with E-state index in [9.17, 15) is 0 Å². The maximum Gasteiger partial charge on any atom is 0.126 e. The van der Waals surface area contributed by atoms with Gasteiger partial charge in [-0.3, -0.25) is 0 Å². The van der Waals surface area contributed by atoms with Crippen molar-refractivity contribution in [2.45, 2.75) is 44.3 Å². The highest BCUT2D eigenvalue weighted by molar-refractivity contribution is 5.42. The predicted molar refractivity (Wildman–Crippen MR) is 97.3 cm³/mol. The number of hydrogen-bond acceptors (Lipinski definition) is 3. The standard InChI is InChI=1S/C21H26N2O/c1-2-7-16(8-3-1)20-19(12-5-13-22-20)23-15-18-10-4-9-17-11-6-14-24-21(17)18/h1-4,7-10,19-20,22-23H,5-6,11-15H2/t19-,20-/m0/s1. The topological polar surface area (TPSA) is 33.3 Å². The Morgan fingerprint density at radius 2 is 1.96 bits per heavy atom. The summed E-state index contributed by atoms with van der Waals surface area (Å²) in [7, 11) is 0. The van der Waals surface area contributed by atoms with E-state index in [1.165, 1.54) is 29.5 Å². The van der Waals surface area contributed by atoms with Crippen molar-refractivity contribution < 1.29 is 4.74 Å². The van der Waals surface area contributed by atoms with Gasteiger partial charge in [0.05, 0.1) is 6.61 Å². The molecule has 2 heterocycles. The van der Waals surface area contributed by atoms with Crippen LogP contribution in [0.25, 0.3) is 0 Å². The van der Waals surface area contributed by atoms with Crippen molar-refractivity contribution in [2.24, 2.45) is 0 Å². The number of nitrogens with one attached hydrogen (secondary N) is 2. The second-order valence-electron chi connectivity index (χ2n) is 6.83. The van der Waals surface area contributed by atoms with Crippen molar-refractivity contribution in [3.05, 3.63) is 65.2 Å². The fourth-order valence-corrected chi connectivity index (χ4v) is 3.96. The van der Waals surface area contributed by atoms with Gasteiger partial charge in [-0.05, 0) is 43.4 Å². The van der Waals surface area contributed by atoms with Crippen molar-refractivity contribution in [3.8, 4) is 5.75 Å². The largest absolute Gasteiger partial charge is 0.493 e. The maximum absolute atomic E-state index is 5.95. The van der Waals surface area contributed by atoms with Gasteiger partial charge in [0, 0.05) is 24.2 Å². The first-order valence-corrected chi connectivity index (χ1v) is 9.17. The highest BCUT2D eigenvalue weighted by Gasteiger charge is 2.26. The lowest BCUT2D eigenvalue weighted by Gasteiger charge is -2.34. The summed E-state index contributed by atoms with van der Waals surface area (Å²) in [6.07, 6.45) is 4.71. The molecule has 2 atom stereocenters. The summed E-state index contributed by atoms with van der Waals surface area (Å²) in [4.78, 5) is 0. The number of para-hydroxylation sites is 1. The lowest BCUT2D eigenvalue weighted by atomic mass is 9.92. The van der Waals surface area contributed by atoms with Crippen LogP contribution in [0.2, 0.25) is 0 Å². The minimum Gasteiger partial charge on any atom is -0.493 e. The van der Waals surface area contributed by atoms with Crippen LogP contribution in [0.4, 0.5) is 0 Å². The van der Waals surface area contributed by atoms with Crippen LogP contribution in [0, 0.1) is 0 Å². The first-order valence-electron chi connectivity index (χ1n) is 9.17. The smallest absolute Gasteiger partial charge is 0.126 e. The Kier molecular flexibility index (Phi) is 4.81. The fourth-order valence-electron chi connectivity index (χ4n) is 3.96. The Hall–Kier alpha value is -1.84. The molecule has 4 rings (SSSR count). The van der Waals surface area contributed by atoms with E-state index in [-0.39, 0.29) is 0 Å². The summed E-state index contributed by atoms with van der Waals surface area (Å²) in [5, 5.41) is 7.48. The van der Waals surface area contributed by atoms with Crippen LogP contribution >= 0.6 is 0 Å². The molecule has 1 fully saturated rings. The molecule has 0 amide bonds. The molecule has 2 N–H and O–H groups in total. The number of piperidine rings is 1. The lowest BCUT2D eigenvalue weighted by molar-refractivity contribution is 0.278. The number of ether oxygens (including phenoxy) is 1. The van der Waals surface area contributed by atoms with E-state index in [1.807, 2.05) is 0 Å². The SMILES string of the molecule is c1ccc([C@@H]2NCCC[C@@H]2NCc2cccc3c2OCCC3)cc1. The number of fused-ring (bicyclic) bond motifs is 1. The summed E-state index contributed by atoms with van der Waals surface area (Å²) < 4.78 is 5.95. The van der Waals surface area contributed by atoms with E-state index in [2.05, 4.69) is 59.2 Å². The molecule has 0 spiro atoms. The van der Waals surface area contributed by atoms with E-state index in [0.717, 1.165) is 38.3 Å². The molecule has 0 radical (unpaired) electrons. The number of benzene rings is 2. The fraction of sp³-hybridized carbons (Fsp3) is 0.429. The van der Waals surface area contributed by atoms with Crippen LogP contribution in [0.5, 0.6) is 5.75 Å². The van der Waals surface area contributed by atoms with Crippen LogP contribution < -0.4 is 15.4 Å². The van der Waals surface area contributed by atoms with Gasteiger partial charge in [-0.2, -0.15) is 0 Å². The molecule has 0 unspecified atom stereocenters. The third-order valence-corrected chi connectivity index (χ3v) is 5.19. The van der Waals surface area contributed by atoms with E-state index < -0.39 is 0 Å². The average Bonchev–Trinajstić information content (AvgIpc) is 2.67. The summed E-state index contributed by atoms with van der Waals surface area (Å²) in [6.45, 7) is 2.82. The maximum atomic E-state index is 5.95. The molecule has 2 aromatic carbocycles. The van der Waals surface area contributed by atoms with Crippen LogP contribution in [0.15, 0.2) is 48.5 Å². The molecule has 2 aliphatic rings. The van der Waals surface area contributed by atoms with E-state index in [0.29, 0.717) is 12.1 Å². The van der Waals surface area contributed by atoms with Crippen LogP contribution in [0.1, 0.15) is 42.0 Å². The van der Waals surface area contributed by atoms with Gasteiger partial charge in [0.1, 0.15) is 5.75 Å². The minimum atomic E-state index is 0.389. The molecule has 2 aliphatic heterocycles. The quantitative estimate of drug-likeness (QED) is 0.902. The zero-order valence-electron chi connectivity index (χ0n) is 14.1.